The fourth-order valence-electron chi connectivity index (χ4n) is 4.16. The van der Waals surface area contributed by atoms with Crippen LogP contribution in [-0.4, -0.2) is 48.3 Å². The monoisotopic (exact) mass is 448 g/mol. The van der Waals surface area contributed by atoms with Crippen LogP contribution in [0.1, 0.15) is 23.7 Å². The van der Waals surface area contributed by atoms with E-state index in [9.17, 15) is 0 Å². The van der Waals surface area contributed by atoms with Crippen LogP contribution in [-0.2, 0) is 19.5 Å². The molecule has 3 heterocycles. The van der Waals surface area contributed by atoms with Gasteiger partial charge in [0.1, 0.15) is 13.2 Å². The molecule has 33 heavy (non-hydrogen) atoms. The molecule has 0 bridgehead atoms. The zero-order chi connectivity index (χ0) is 22.6. The molecule has 3 aromatic rings. The second-order valence-corrected chi connectivity index (χ2v) is 8.03. The second-order valence-electron chi connectivity index (χ2n) is 8.03. The van der Waals surface area contributed by atoms with Crippen molar-refractivity contribution in [2.75, 3.05) is 38.8 Å². The van der Waals surface area contributed by atoms with Crippen molar-refractivity contribution in [1.82, 2.24) is 14.9 Å². The predicted molar refractivity (Wildman–Crippen MR) is 125 cm³/mol. The number of hydrogen-bond donors (Lipinski definition) is 1. The SMILES string of the molecule is CCOc1ccc(CN2CCc3nc(Nc4ccc5c(c4)OCCO5)ncc3C2)cc1OC. The molecule has 8 heteroatoms. The molecule has 0 saturated heterocycles. The summed E-state index contributed by atoms with van der Waals surface area (Å²) in [5.74, 6) is 3.65. The van der Waals surface area contributed by atoms with E-state index in [0.29, 0.717) is 25.8 Å². The molecule has 1 aromatic heterocycles. The van der Waals surface area contributed by atoms with Crippen molar-refractivity contribution < 1.29 is 18.9 Å². The van der Waals surface area contributed by atoms with E-state index < -0.39 is 0 Å². The van der Waals surface area contributed by atoms with Crippen molar-refractivity contribution in [2.24, 2.45) is 0 Å². The highest BCUT2D eigenvalue weighted by Gasteiger charge is 2.20. The Kier molecular flexibility index (Phi) is 6.17. The number of fused-ring (bicyclic) bond motifs is 2. The molecule has 2 aromatic carbocycles. The maximum absolute atomic E-state index is 5.66. The summed E-state index contributed by atoms with van der Waals surface area (Å²) in [7, 11) is 1.67. The van der Waals surface area contributed by atoms with E-state index in [4.69, 9.17) is 23.9 Å². The Morgan fingerprint density at radius 2 is 1.94 bits per heavy atom. The molecule has 0 spiro atoms. The number of nitrogens with zero attached hydrogens (tertiary/aromatic N) is 3. The molecule has 5 rings (SSSR count). The Balaban J connectivity index is 1.24. The molecule has 0 aliphatic carbocycles. The summed E-state index contributed by atoms with van der Waals surface area (Å²) >= 11 is 0. The normalized spacial score (nSPS) is 15.0. The van der Waals surface area contributed by atoms with Gasteiger partial charge in [-0.1, -0.05) is 6.07 Å². The van der Waals surface area contributed by atoms with Gasteiger partial charge in [-0.3, -0.25) is 4.90 Å². The fraction of sp³-hybridized carbons (Fsp3) is 0.360. The van der Waals surface area contributed by atoms with E-state index in [1.807, 2.05) is 37.4 Å². The number of ether oxygens (including phenoxy) is 4. The van der Waals surface area contributed by atoms with Crippen LogP contribution in [0.15, 0.2) is 42.6 Å². The van der Waals surface area contributed by atoms with Gasteiger partial charge in [-0.05, 0) is 36.8 Å². The van der Waals surface area contributed by atoms with Crippen LogP contribution in [0, 0.1) is 0 Å². The van der Waals surface area contributed by atoms with Crippen molar-refractivity contribution in [3.8, 4) is 23.0 Å². The lowest BCUT2D eigenvalue weighted by molar-refractivity contribution is 0.171. The number of aromatic nitrogens is 2. The molecule has 0 amide bonds. The molecule has 1 N–H and O–H groups in total. The number of nitrogens with one attached hydrogen (secondary N) is 1. The summed E-state index contributed by atoms with van der Waals surface area (Å²) in [6, 6.07) is 11.9. The van der Waals surface area contributed by atoms with Gasteiger partial charge < -0.3 is 24.3 Å². The van der Waals surface area contributed by atoms with E-state index in [1.165, 1.54) is 5.56 Å². The zero-order valence-electron chi connectivity index (χ0n) is 19.0. The minimum absolute atomic E-state index is 0.561. The summed E-state index contributed by atoms with van der Waals surface area (Å²) in [5, 5.41) is 3.29. The Morgan fingerprint density at radius 1 is 1.06 bits per heavy atom. The zero-order valence-corrected chi connectivity index (χ0v) is 19.0. The first-order chi connectivity index (χ1) is 16.2. The minimum Gasteiger partial charge on any atom is -0.493 e. The summed E-state index contributed by atoms with van der Waals surface area (Å²) in [5.41, 5.74) is 4.31. The van der Waals surface area contributed by atoms with E-state index >= 15 is 0 Å². The first-order valence-corrected chi connectivity index (χ1v) is 11.3. The predicted octanol–water partition coefficient (Wildman–Crippen LogP) is 3.96. The number of anilines is 2. The first kappa shape index (κ1) is 21.3. The summed E-state index contributed by atoms with van der Waals surface area (Å²) < 4.78 is 22.4. The van der Waals surface area contributed by atoms with Crippen LogP contribution in [0.4, 0.5) is 11.6 Å². The van der Waals surface area contributed by atoms with Gasteiger partial charge in [0.15, 0.2) is 23.0 Å². The maximum Gasteiger partial charge on any atom is 0.227 e. The quantitative estimate of drug-likeness (QED) is 0.582. The Labute approximate surface area is 193 Å². The molecule has 2 aliphatic rings. The van der Waals surface area contributed by atoms with Gasteiger partial charge in [0, 0.05) is 49.6 Å². The number of methoxy groups -OCH3 is 1. The average molecular weight is 449 g/mol. The van der Waals surface area contributed by atoms with Crippen LogP contribution < -0.4 is 24.3 Å². The lowest BCUT2D eigenvalue weighted by Gasteiger charge is -2.28. The summed E-state index contributed by atoms with van der Waals surface area (Å²) in [6.45, 7) is 6.31. The van der Waals surface area contributed by atoms with Gasteiger partial charge in [-0.2, -0.15) is 0 Å². The van der Waals surface area contributed by atoms with Gasteiger partial charge >= 0.3 is 0 Å². The fourth-order valence-corrected chi connectivity index (χ4v) is 4.16. The van der Waals surface area contributed by atoms with Gasteiger partial charge in [0.05, 0.1) is 19.4 Å². The summed E-state index contributed by atoms with van der Waals surface area (Å²) in [6.07, 6.45) is 2.80. The van der Waals surface area contributed by atoms with Gasteiger partial charge in [0.25, 0.3) is 0 Å². The lowest BCUT2D eigenvalue weighted by atomic mass is 10.1. The second kappa shape index (κ2) is 9.54. The summed E-state index contributed by atoms with van der Waals surface area (Å²) in [4.78, 5) is 11.7. The highest BCUT2D eigenvalue weighted by molar-refractivity contribution is 5.60. The Hall–Kier alpha value is -3.52. The van der Waals surface area contributed by atoms with Gasteiger partial charge in [-0.25, -0.2) is 9.97 Å². The molecular formula is C25H28N4O4. The Bertz CT molecular complexity index is 1140. The molecule has 0 fully saturated rings. The number of hydrogen-bond acceptors (Lipinski definition) is 8. The highest BCUT2D eigenvalue weighted by atomic mass is 16.6. The number of rotatable bonds is 7. The average Bonchev–Trinajstić information content (AvgIpc) is 2.85. The van der Waals surface area contributed by atoms with Crippen molar-refractivity contribution in [3.63, 3.8) is 0 Å². The smallest absolute Gasteiger partial charge is 0.227 e. The standard InChI is InChI=1S/C25H28N4O4/c1-3-31-21-6-4-17(12-23(21)30-2)15-29-9-8-20-18(16-29)14-26-25(28-20)27-19-5-7-22-24(13-19)33-11-10-32-22/h4-7,12-14H,3,8-11,15-16H2,1-2H3,(H,26,27,28). The minimum atomic E-state index is 0.561. The molecule has 8 nitrogen and oxygen atoms in total. The highest BCUT2D eigenvalue weighted by Crippen LogP contribution is 2.33. The van der Waals surface area contributed by atoms with Crippen LogP contribution in [0.2, 0.25) is 0 Å². The third kappa shape index (κ3) is 4.80. The third-order valence-electron chi connectivity index (χ3n) is 5.75. The van der Waals surface area contributed by atoms with Crippen molar-refractivity contribution in [1.29, 1.82) is 0 Å². The van der Waals surface area contributed by atoms with Crippen LogP contribution in [0.3, 0.4) is 0 Å². The first-order valence-electron chi connectivity index (χ1n) is 11.3. The molecule has 0 atom stereocenters. The van der Waals surface area contributed by atoms with Crippen molar-refractivity contribution in [3.05, 3.63) is 59.4 Å². The maximum atomic E-state index is 5.66. The van der Waals surface area contributed by atoms with Crippen molar-refractivity contribution >= 4 is 11.6 Å². The lowest BCUT2D eigenvalue weighted by Crippen LogP contribution is -2.31. The topological polar surface area (TPSA) is 78.0 Å². The largest absolute Gasteiger partial charge is 0.493 e. The molecule has 0 radical (unpaired) electrons. The Morgan fingerprint density at radius 3 is 2.79 bits per heavy atom. The number of benzene rings is 2. The van der Waals surface area contributed by atoms with Crippen molar-refractivity contribution in [2.45, 2.75) is 26.4 Å². The van der Waals surface area contributed by atoms with E-state index in [2.05, 4.69) is 27.3 Å². The molecule has 0 saturated carbocycles. The van der Waals surface area contributed by atoms with Gasteiger partial charge in [-0.15, -0.1) is 0 Å². The van der Waals surface area contributed by atoms with Crippen LogP contribution >= 0.6 is 0 Å². The van der Waals surface area contributed by atoms with Crippen LogP contribution in [0.25, 0.3) is 0 Å². The van der Waals surface area contributed by atoms with Gasteiger partial charge in [0.2, 0.25) is 5.95 Å². The third-order valence-corrected chi connectivity index (χ3v) is 5.75. The van der Waals surface area contributed by atoms with Crippen LogP contribution in [0.5, 0.6) is 23.0 Å². The molecular weight excluding hydrogens is 420 g/mol. The van der Waals surface area contributed by atoms with E-state index in [0.717, 1.165) is 66.0 Å². The van der Waals surface area contributed by atoms with E-state index in [1.54, 1.807) is 7.11 Å². The molecule has 0 unspecified atom stereocenters. The molecule has 2 aliphatic heterocycles. The molecule has 172 valence electrons. The van der Waals surface area contributed by atoms with E-state index in [-0.39, 0.29) is 0 Å².